The molecule has 1 N–H and O–H groups in total. The molecule has 0 saturated carbocycles. The van der Waals surface area contributed by atoms with Crippen molar-refractivity contribution in [3.05, 3.63) is 29.3 Å². The Bertz CT molecular complexity index is 332. The first kappa shape index (κ1) is 10.1. The summed E-state index contributed by atoms with van der Waals surface area (Å²) in [6, 6.07) is 7.27. The van der Waals surface area contributed by atoms with Gasteiger partial charge < -0.3 is 5.32 Å². The monoisotopic (exact) mass is 229 g/mol. The van der Waals surface area contributed by atoms with Crippen LogP contribution in [0.2, 0.25) is 5.02 Å². The van der Waals surface area contributed by atoms with Gasteiger partial charge in [0.15, 0.2) is 0 Å². The van der Waals surface area contributed by atoms with Crippen LogP contribution in [-0.2, 0) is 10.8 Å². The van der Waals surface area contributed by atoms with Crippen LogP contribution >= 0.6 is 11.6 Å². The minimum atomic E-state index is -0.888. The van der Waals surface area contributed by atoms with Crippen molar-refractivity contribution in [1.82, 2.24) is 5.32 Å². The van der Waals surface area contributed by atoms with E-state index in [4.69, 9.17) is 11.6 Å². The maximum Gasteiger partial charge on any atom is 0.0574 e. The molecule has 0 unspecified atom stereocenters. The Balaban J connectivity index is 2.14. The zero-order valence-electron chi connectivity index (χ0n) is 7.70. The SMILES string of the molecule is O=[S@](c1ccc(Cl)cc1)[C@H]1CCNC1. The molecule has 14 heavy (non-hydrogen) atoms. The van der Waals surface area contributed by atoms with Crippen molar-refractivity contribution in [2.24, 2.45) is 0 Å². The molecule has 2 nitrogen and oxygen atoms in total. The summed E-state index contributed by atoms with van der Waals surface area (Å²) < 4.78 is 12.0. The highest BCUT2D eigenvalue weighted by Gasteiger charge is 2.21. The maximum atomic E-state index is 12.0. The molecule has 4 heteroatoms. The van der Waals surface area contributed by atoms with E-state index in [1.165, 1.54) is 0 Å². The molecular weight excluding hydrogens is 218 g/mol. The van der Waals surface area contributed by atoms with Crippen LogP contribution in [0, 0.1) is 0 Å². The third-order valence-electron chi connectivity index (χ3n) is 2.36. The van der Waals surface area contributed by atoms with E-state index in [2.05, 4.69) is 5.32 Å². The van der Waals surface area contributed by atoms with Crippen molar-refractivity contribution < 1.29 is 4.21 Å². The van der Waals surface area contributed by atoms with Crippen molar-refractivity contribution >= 4 is 22.4 Å². The topological polar surface area (TPSA) is 29.1 Å². The molecule has 0 aliphatic carbocycles. The van der Waals surface area contributed by atoms with Crippen LogP contribution in [0.3, 0.4) is 0 Å². The van der Waals surface area contributed by atoms with Gasteiger partial charge >= 0.3 is 0 Å². The summed E-state index contributed by atoms with van der Waals surface area (Å²) in [5.41, 5.74) is 0. The Kier molecular flexibility index (Phi) is 3.21. The Hall–Kier alpha value is -0.380. The molecule has 2 atom stereocenters. The van der Waals surface area contributed by atoms with E-state index in [-0.39, 0.29) is 5.25 Å². The summed E-state index contributed by atoms with van der Waals surface area (Å²) in [6.45, 7) is 1.83. The second-order valence-corrected chi connectivity index (χ2v) is 5.54. The van der Waals surface area contributed by atoms with E-state index in [0.29, 0.717) is 5.02 Å². The summed E-state index contributed by atoms with van der Waals surface area (Å²) in [4.78, 5) is 0.878. The second-order valence-electron chi connectivity index (χ2n) is 3.37. The average molecular weight is 230 g/mol. The lowest BCUT2D eigenvalue weighted by molar-refractivity contribution is 0.672. The molecule has 0 aromatic heterocycles. The first-order chi connectivity index (χ1) is 6.77. The standard InChI is InChI=1S/C10H12ClNOS/c11-8-1-3-9(4-2-8)14(13)10-5-6-12-7-10/h1-4,10,12H,5-7H2/t10-,14+/m0/s1. The molecule has 1 fully saturated rings. The van der Waals surface area contributed by atoms with Crippen LogP contribution in [0.25, 0.3) is 0 Å². The van der Waals surface area contributed by atoms with Gasteiger partial charge in [-0.1, -0.05) is 11.6 Å². The molecule has 1 aliphatic heterocycles. The smallest absolute Gasteiger partial charge is 0.0574 e. The van der Waals surface area contributed by atoms with E-state index < -0.39 is 10.8 Å². The van der Waals surface area contributed by atoms with E-state index in [0.717, 1.165) is 24.4 Å². The lowest BCUT2D eigenvalue weighted by Crippen LogP contribution is -2.18. The fourth-order valence-corrected chi connectivity index (χ4v) is 3.09. The molecule has 0 amide bonds. The van der Waals surface area contributed by atoms with Gasteiger partial charge in [0, 0.05) is 16.5 Å². The van der Waals surface area contributed by atoms with Crippen molar-refractivity contribution in [3.8, 4) is 0 Å². The quantitative estimate of drug-likeness (QED) is 0.838. The lowest BCUT2D eigenvalue weighted by atomic mass is 10.4. The second kappa shape index (κ2) is 4.43. The highest BCUT2D eigenvalue weighted by molar-refractivity contribution is 7.85. The number of nitrogens with one attached hydrogen (secondary N) is 1. The van der Waals surface area contributed by atoms with Crippen LogP contribution < -0.4 is 5.32 Å². The van der Waals surface area contributed by atoms with E-state index >= 15 is 0 Å². The van der Waals surface area contributed by atoms with Gasteiger partial charge in [0.2, 0.25) is 0 Å². The first-order valence-electron chi connectivity index (χ1n) is 4.64. The minimum Gasteiger partial charge on any atom is -0.315 e. The molecule has 0 spiro atoms. The van der Waals surface area contributed by atoms with E-state index in [9.17, 15) is 4.21 Å². The average Bonchev–Trinajstić information content (AvgIpc) is 2.71. The van der Waals surface area contributed by atoms with Gasteiger partial charge in [0.25, 0.3) is 0 Å². The summed E-state index contributed by atoms with van der Waals surface area (Å²) >= 11 is 5.76. The zero-order chi connectivity index (χ0) is 9.97. The molecule has 1 saturated heterocycles. The number of hydrogen-bond donors (Lipinski definition) is 1. The van der Waals surface area contributed by atoms with Crippen LogP contribution in [-0.4, -0.2) is 22.5 Å². The lowest BCUT2D eigenvalue weighted by Gasteiger charge is -2.07. The van der Waals surface area contributed by atoms with E-state index in [1.807, 2.05) is 12.1 Å². The molecular formula is C10H12ClNOS. The Morgan fingerprint density at radius 2 is 2.07 bits per heavy atom. The molecule has 1 aliphatic rings. The number of hydrogen-bond acceptors (Lipinski definition) is 2. The summed E-state index contributed by atoms with van der Waals surface area (Å²) in [7, 11) is -0.888. The third kappa shape index (κ3) is 2.16. The van der Waals surface area contributed by atoms with Gasteiger partial charge in [-0.2, -0.15) is 0 Å². The van der Waals surface area contributed by atoms with Crippen molar-refractivity contribution in [2.75, 3.05) is 13.1 Å². The molecule has 2 rings (SSSR count). The fraction of sp³-hybridized carbons (Fsp3) is 0.400. The molecule has 1 aromatic carbocycles. The van der Waals surface area contributed by atoms with Gasteiger partial charge in [0.1, 0.15) is 0 Å². The van der Waals surface area contributed by atoms with Crippen molar-refractivity contribution in [1.29, 1.82) is 0 Å². The van der Waals surface area contributed by atoms with Gasteiger partial charge in [-0.05, 0) is 37.2 Å². The normalized spacial score (nSPS) is 23.6. The molecule has 76 valence electrons. The first-order valence-corrected chi connectivity index (χ1v) is 6.23. The van der Waals surface area contributed by atoms with Crippen molar-refractivity contribution in [2.45, 2.75) is 16.6 Å². The maximum absolute atomic E-state index is 12.0. The Labute approximate surface area is 91.1 Å². The van der Waals surface area contributed by atoms with E-state index in [1.54, 1.807) is 12.1 Å². The number of halogens is 1. The molecule has 1 aromatic rings. The fourth-order valence-electron chi connectivity index (χ4n) is 1.57. The predicted octanol–water partition coefficient (Wildman–Crippen LogP) is 1.81. The van der Waals surface area contributed by atoms with Gasteiger partial charge in [-0.3, -0.25) is 4.21 Å². The molecule has 1 heterocycles. The van der Waals surface area contributed by atoms with Crippen LogP contribution in [0.15, 0.2) is 29.2 Å². The minimum absolute atomic E-state index is 0.260. The Morgan fingerprint density at radius 3 is 2.64 bits per heavy atom. The predicted molar refractivity (Wildman–Crippen MR) is 59.1 cm³/mol. The summed E-state index contributed by atoms with van der Waals surface area (Å²) in [6.07, 6.45) is 0.995. The highest BCUT2D eigenvalue weighted by atomic mass is 35.5. The third-order valence-corrected chi connectivity index (χ3v) is 4.36. The van der Waals surface area contributed by atoms with Crippen molar-refractivity contribution in [3.63, 3.8) is 0 Å². The number of rotatable bonds is 2. The highest BCUT2D eigenvalue weighted by Crippen LogP contribution is 2.18. The van der Waals surface area contributed by atoms with Gasteiger partial charge in [0.05, 0.1) is 16.0 Å². The number of benzene rings is 1. The van der Waals surface area contributed by atoms with Crippen LogP contribution in [0.5, 0.6) is 0 Å². The largest absolute Gasteiger partial charge is 0.315 e. The summed E-state index contributed by atoms with van der Waals surface area (Å²) in [5, 5.41) is 4.17. The van der Waals surface area contributed by atoms with Crippen LogP contribution in [0.4, 0.5) is 0 Å². The molecule has 0 radical (unpaired) electrons. The van der Waals surface area contributed by atoms with Gasteiger partial charge in [-0.15, -0.1) is 0 Å². The summed E-state index contributed by atoms with van der Waals surface area (Å²) in [5.74, 6) is 0. The molecule has 0 bridgehead atoms. The Morgan fingerprint density at radius 1 is 1.36 bits per heavy atom. The van der Waals surface area contributed by atoms with Gasteiger partial charge in [-0.25, -0.2) is 0 Å². The zero-order valence-corrected chi connectivity index (χ0v) is 9.27. The van der Waals surface area contributed by atoms with Crippen LogP contribution in [0.1, 0.15) is 6.42 Å².